The van der Waals surface area contributed by atoms with Crippen molar-refractivity contribution in [1.29, 1.82) is 0 Å². The minimum Gasteiger partial charge on any atom is -0.330 e. The first-order valence-electron chi connectivity index (χ1n) is 4.28. The fourth-order valence-corrected chi connectivity index (χ4v) is 2.17. The van der Waals surface area contributed by atoms with Crippen LogP contribution in [-0.4, -0.2) is 34.9 Å². The number of rotatable bonds is 2. The summed E-state index contributed by atoms with van der Waals surface area (Å²) < 4.78 is 0.616. The maximum atomic E-state index is 9.78. The molecule has 0 bridgehead atoms. The van der Waals surface area contributed by atoms with Gasteiger partial charge in [-0.3, -0.25) is 4.48 Å². The highest BCUT2D eigenvalue weighted by molar-refractivity contribution is 6.21. The summed E-state index contributed by atoms with van der Waals surface area (Å²) in [6.45, 7) is 4.10. The van der Waals surface area contributed by atoms with Crippen LogP contribution in [0.25, 0.3) is 0 Å². The van der Waals surface area contributed by atoms with Gasteiger partial charge in [0.25, 0.3) is 5.18 Å². The van der Waals surface area contributed by atoms with Gasteiger partial charge in [0.05, 0.1) is 26.6 Å². The van der Waals surface area contributed by atoms with Gasteiger partial charge in [-0.05, 0) is 18.0 Å². The average Bonchev–Trinajstić information content (AvgIpc) is 2.09. The molecule has 0 radical (unpaired) electrons. The summed E-state index contributed by atoms with van der Waals surface area (Å²) >= 11 is 5.98. The Bertz CT molecular complexity index is 149. The molecule has 1 heterocycles. The van der Waals surface area contributed by atoms with Gasteiger partial charge in [-0.2, -0.15) is 0 Å². The van der Waals surface area contributed by atoms with Crippen molar-refractivity contribution >= 4 is 11.6 Å². The van der Waals surface area contributed by atoms with Crippen LogP contribution >= 0.6 is 11.6 Å². The molecule has 11 heavy (non-hydrogen) atoms. The van der Waals surface area contributed by atoms with Gasteiger partial charge in [-0.25, -0.2) is 0 Å². The van der Waals surface area contributed by atoms with Gasteiger partial charge in [-0.1, -0.05) is 6.92 Å². The van der Waals surface area contributed by atoms with Crippen molar-refractivity contribution in [3.63, 3.8) is 0 Å². The number of alkyl halides is 1. The SMILES string of the molecule is CCC[N+]1(C)CCCC1(O)Cl. The highest BCUT2D eigenvalue weighted by atomic mass is 35.5. The van der Waals surface area contributed by atoms with E-state index in [1.165, 1.54) is 0 Å². The van der Waals surface area contributed by atoms with Crippen LogP contribution in [0.2, 0.25) is 0 Å². The molecule has 0 aromatic rings. The van der Waals surface area contributed by atoms with Crippen molar-refractivity contribution < 1.29 is 9.59 Å². The zero-order chi connectivity index (χ0) is 8.54. The first-order valence-corrected chi connectivity index (χ1v) is 4.65. The maximum absolute atomic E-state index is 9.78. The zero-order valence-corrected chi connectivity index (χ0v) is 8.06. The van der Waals surface area contributed by atoms with Crippen LogP contribution < -0.4 is 0 Å². The van der Waals surface area contributed by atoms with E-state index in [0.29, 0.717) is 4.48 Å². The second-order valence-corrected chi connectivity index (χ2v) is 4.27. The third-order valence-electron chi connectivity index (χ3n) is 2.69. The molecule has 66 valence electrons. The molecule has 1 saturated heterocycles. The average molecular weight is 179 g/mol. The van der Waals surface area contributed by atoms with E-state index in [-0.39, 0.29) is 0 Å². The Balaban J connectivity index is 2.68. The van der Waals surface area contributed by atoms with Crippen molar-refractivity contribution in [2.24, 2.45) is 0 Å². The molecule has 3 heteroatoms. The molecule has 0 saturated carbocycles. The summed E-state index contributed by atoms with van der Waals surface area (Å²) in [5.74, 6) is 0. The van der Waals surface area contributed by atoms with Crippen molar-refractivity contribution in [3.8, 4) is 0 Å². The normalized spacial score (nSPS) is 44.7. The Morgan fingerprint density at radius 3 is 2.64 bits per heavy atom. The van der Waals surface area contributed by atoms with Gasteiger partial charge in [0.2, 0.25) is 0 Å². The number of nitrogens with zero attached hydrogens (tertiary/aromatic N) is 1. The standard InChI is InChI=1S/C8H17ClNO/c1-3-6-10(2)7-4-5-8(10,9)11/h11H,3-7H2,1-2H3/q+1. The van der Waals surface area contributed by atoms with Gasteiger partial charge in [0.1, 0.15) is 0 Å². The van der Waals surface area contributed by atoms with E-state index in [0.717, 1.165) is 32.4 Å². The highest BCUT2D eigenvalue weighted by Crippen LogP contribution is 2.36. The number of hydrogen-bond donors (Lipinski definition) is 1. The molecule has 1 rings (SSSR count). The molecule has 1 fully saturated rings. The molecule has 1 aliphatic heterocycles. The van der Waals surface area contributed by atoms with Gasteiger partial charge < -0.3 is 5.11 Å². The predicted octanol–water partition coefficient (Wildman–Crippen LogP) is 1.52. The molecule has 0 aromatic carbocycles. The summed E-state index contributed by atoms with van der Waals surface area (Å²) in [6, 6.07) is 0. The van der Waals surface area contributed by atoms with Gasteiger partial charge in [-0.15, -0.1) is 0 Å². The number of likely N-dealkylation sites (tertiary alicyclic amines) is 1. The molecule has 0 spiro atoms. The van der Waals surface area contributed by atoms with E-state index in [2.05, 4.69) is 6.92 Å². The molecule has 1 N–H and O–H groups in total. The maximum Gasteiger partial charge on any atom is 0.280 e. The molecular weight excluding hydrogens is 162 g/mol. The molecule has 2 unspecified atom stereocenters. The minimum atomic E-state index is -0.990. The van der Waals surface area contributed by atoms with Crippen LogP contribution in [0.4, 0.5) is 0 Å². The lowest BCUT2D eigenvalue weighted by atomic mass is 10.3. The van der Waals surface area contributed by atoms with Crippen LogP contribution in [0, 0.1) is 0 Å². The van der Waals surface area contributed by atoms with Crippen LogP contribution in [0.3, 0.4) is 0 Å². The summed E-state index contributed by atoms with van der Waals surface area (Å²) in [7, 11) is 2.03. The molecule has 2 nitrogen and oxygen atoms in total. The zero-order valence-electron chi connectivity index (χ0n) is 7.31. The largest absolute Gasteiger partial charge is 0.330 e. The van der Waals surface area contributed by atoms with Crippen LogP contribution in [0.1, 0.15) is 26.2 Å². The smallest absolute Gasteiger partial charge is 0.280 e. The van der Waals surface area contributed by atoms with Crippen LogP contribution in [-0.2, 0) is 0 Å². The Hall–Kier alpha value is 0.210. The van der Waals surface area contributed by atoms with Crippen LogP contribution in [0.15, 0.2) is 0 Å². The Labute approximate surface area is 73.4 Å². The molecule has 0 amide bonds. The van der Waals surface area contributed by atoms with E-state index in [9.17, 15) is 5.11 Å². The molecule has 0 aromatic heterocycles. The first-order chi connectivity index (χ1) is 5.02. The third kappa shape index (κ3) is 1.53. The van der Waals surface area contributed by atoms with E-state index < -0.39 is 5.18 Å². The summed E-state index contributed by atoms with van der Waals surface area (Å²) in [5.41, 5.74) is 0. The lowest BCUT2D eigenvalue weighted by Gasteiger charge is -2.37. The Kier molecular flexibility index (Phi) is 2.47. The Morgan fingerprint density at radius 1 is 1.64 bits per heavy atom. The lowest BCUT2D eigenvalue weighted by molar-refractivity contribution is -0.954. The van der Waals surface area contributed by atoms with Crippen molar-refractivity contribution in [2.45, 2.75) is 31.4 Å². The number of quaternary nitrogens is 1. The second kappa shape index (κ2) is 2.92. The summed E-state index contributed by atoms with van der Waals surface area (Å²) in [6.07, 6.45) is 2.84. The topological polar surface area (TPSA) is 20.2 Å². The van der Waals surface area contributed by atoms with E-state index in [4.69, 9.17) is 11.6 Å². The summed E-state index contributed by atoms with van der Waals surface area (Å²) in [5, 5.41) is 8.79. The third-order valence-corrected chi connectivity index (χ3v) is 3.29. The highest BCUT2D eigenvalue weighted by Gasteiger charge is 2.49. The van der Waals surface area contributed by atoms with Crippen molar-refractivity contribution in [1.82, 2.24) is 0 Å². The quantitative estimate of drug-likeness (QED) is 0.386. The number of halogens is 1. The predicted molar refractivity (Wildman–Crippen MR) is 46.2 cm³/mol. The fourth-order valence-electron chi connectivity index (χ4n) is 1.87. The molecule has 0 aliphatic carbocycles. The Morgan fingerprint density at radius 2 is 2.27 bits per heavy atom. The van der Waals surface area contributed by atoms with Crippen molar-refractivity contribution in [2.75, 3.05) is 20.1 Å². The second-order valence-electron chi connectivity index (χ2n) is 3.67. The minimum absolute atomic E-state index is 0.616. The van der Waals surface area contributed by atoms with E-state index >= 15 is 0 Å². The molecule has 1 aliphatic rings. The van der Waals surface area contributed by atoms with Gasteiger partial charge >= 0.3 is 0 Å². The first kappa shape index (κ1) is 9.30. The number of hydrogen-bond acceptors (Lipinski definition) is 1. The molecule has 2 atom stereocenters. The fraction of sp³-hybridized carbons (Fsp3) is 1.00. The number of aliphatic hydroxyl groups is 1. The van der Waals surface area contributed by atoms with E-state index in [1.807, 2.05) is 7.05 Å². The molecular formula is C8H17ClNO+. The van der Waals surface area contributed by atoms with Gasteiger partial charge in [0, 0.05) is 6.42 Å². The summed E-state index contributed by atoms with van der Waals surface area (Å²) in [4.78, 5) is 0. The monoisotopic (exact) mass is 178 g/mol. The van der Waals surface area contributed by atoms with E-state index in [1.54, 1.807) is 0 Å². The van der Waals surface area contributed by atoms with Crippen LogP contribution in [0.5, 0.6) is 0 Å². The van der Waals surface area contributed by atoms with Crippen molar-refractivity contribution in [3.05, 3.63) is 0 Å². The van der Waals surface area contributed by atoms with Gasteiger partial charge in [0.15, 0.2) is 0 Å². The lowest BCUT2D eigenvalue weighted by Crippen LogP contribution is -2.54.